The topological polar surface area (TPSA) is 63.7 Å². The lowest BCUT2D eigenvalue weighted by molar-refractivity contribution is -0.150. The zero-order valence-electron chi connectivity index (χ0n) is 22.4. The van der Waals surface area contributed by atoms with Crippen molar-refractivity contribution in [1.82, 2.24) is 10.3 Å². The number of benzene rings is 2. The van der Waals surface area contributed by atoms with Crippen molar-refractivity contribution >= 4 is 11.8 Å². The summed E-state index contributed by atoms with van der Waals surface area (Å²) in [5, 5.41) is 3.50. The molecule has 1 fully saturated rings. The van der Waals surface area contributed by atoms with E-state index in [0.717, 1.165) is 67.3 Å². The Balaban J connectivity index is 1.39. The Labute approximate surface area is 220 Å². The Kier molecular flexibility index (Phi) is 7.20. The van der Waals surface area contributed by atoms with Crippen LogP contribution in [0.3, 0.4) is 0 Å². The number of para-hydroxylation sites is 1. The summed E-state index contributed by atoms with van der Waals surface area (Å²) in [7, 11) is 1.46. The fourth-order valence-electron chi connectivity index (χ4n) is 5.68. The van der Waals surface area contributed by atoms with Crippen LogP contribution in [0.1, 0.15) is 41.2 Å². The molecule has 37 heavy (non-hydrogen) atoms. The van der Waals surface area contributed by atoms with Crippen LogP contribution in [-0.4, -0.2) is 44.2 Å². The first-order chi connectivity index (χ1) is 17.9. The summed E-state index contributed by atoms with van der Waals surface area (Å²) in [6.45, 7) is 10.2. The van der Waals surface area contributed by atoms with E-state index in [2.05, 4.69) is 54.4 Å². The lowest BCUT2D eigenvalue weighted by Gasteiger charge is -2.23. The van der Waals surface area contributed by atoms with Crippen molar-refractivity contribution in [3.63, 3.8) is 0 Å². The first kappa shape index (κ1) is 25.3. The number of methoxy groups -OCH3 is 1. The summed E-state index contributed by atoms with van der Waals surface area (Å²) in [5.41, 5.74) is 7.92. The summed E-state index contributed by atoms with van der Waals surface area (Å²) in [5.74, 6) is 1.57. The fraction of sp³-hybridized carbons (Fsp3) is 0.419. The van der Waals surface area contributed by atoms with Gasteiger partial charge in [0.2, 0.25) is 0 Å². The van der Waals surface area contributed by atoms with Gasteiger partial charge in [-0.15, -0.1) is 0 Å². The van der Waals surface area contributed by atoms with E-state index in [1.807, 2.05) is 25.1 Å². The number of aryl methyl sites for hydroxylation is 1. The van der Waals surface area contributed by atoms with Gasteiger partial charge in [-0.3, -0.25) is 4.79 Å². The van der Waals surface area contributed by atoms with Gasteiger partial charge >= 0.3 is 5.97 Å². The average molecular weight is 500 g/mol. The molecule has 0 unspecified atom stereocenters. The molecular weight excluding hydrogens is 462 g/mol. The Morgan fingerprint density at radius 1 is 1.08 bits per heavy atom. The normalized spacial score (nSPS) is 19.3. The Hall–Kier alpha value is -3.38. The third-order valence-corrected chi connectivity index (χ3v) is 8.00. The second-order valence-corrected chi connectivity index (χ2v) is 10.6. The Morgan fingerprint density at radius 2 is 1.89 bits per heavy atom. The number of nitrogens with one attached hydrogen (secondary N) is 1. The minimum absolute atomic E-state index is 0.162. The molecule has 2 aliphatic heterocycles. The van der Waals surface area contributed by atoms with Crippen LogP contribution in [0.15, 0.2) is 48.5 Å². The van der Waals surface area contributed by atoms with Crippen molar-refractivity contribution in [3.05, 3.63) is 76.3 Å². The minimum Gasteiger partial charge on any atom is -0.488 e. The van der Waals surface area contributed by atoms with Gasteiger partial charge in [0.05, 0.1) is 18.2 Å². The minimum atomic E-state index is -0.508. The van der Waals surface area contributed by atoms with Crippen molar-refractivity contribution in [2.24, 2.45) is 5.41 Å². The molecule has 2 aromatic carbocycles. The van der Waals surface area contributed by atoms with Gasteiger partial charge in [-0.25, -0.2) is 4.98 Å². The number of ether oxygens (including phenoxy) is 2. The van der Waals surface area contributed by atoms with Crippen LogP contribution in [0.2, 0.25) is 0 Å². The molecule has 1 saturated heterocycles. The molecule has 0 saturated carbocycles. The van der Waals surface area contributed by atoms with E-state index < -0.39 is 5.41 Å². The van der Waals surface area contributed by atoms with Crippen LogP contribution < -0.4 is 15.0 Å². The molecule has 0 bridgehead atoms. The number of carbonyl (C=O) groups excluding carboxylic acids is 1. The summed E-state index contributed by atoms with van der Waals surface area (Å²) in [6.07, 6.45) is 2.89. The number of pyridine rings is 1. The van der Waals surface area contributed by atoms with E-state index in [4.69, 9.17) is 14.5 Å². The average Bonchev–Trinajstić information content (AvgIpc) is 3.16. The van der Waals surface area contributed by atoms with E-state index in [1.54, 1.807) is 0 Å². The van der Waals surface area contributed by atoms with Gasteiger partial charge in [0.1, 0.15) is 18.2 Å². The number of anilines is 1. The molecule has 0 spiro atoms. The van der Waals surface area contributed by atoms with Gasteiger partial charge in [0.25, 0.3) is 0 Å². The summed E-state index contributed by atoms with van der Waals surface area (Å²) in [6, 6.07) is 16.8. The third-order valence-electron chi connectivity index (χ3n) is 8.00. The Morgan fingerprint density at radius 3 is 2.73 bits per heavy atom. The second kappa shape index (κ2) is 10.5. The summed E-state index contributed by atoms with van der Waals surface area (Å²) >= 11 is 0. The van der Waals surface area contributed by atoms with Gasteiger partial charge in [0.15, 0.2) is 0 Å². The lowest BCUT2D eigenvalue weighted by atomic mass is 9.90. The maximum atomic E-state index is 12.3. The zero-order valence-corrected chi connectivity index (χ0v) is 22.4. The van der Waals surface area contributed by atoms with E-state index in [1.165, 1.54) is 29.4 Å². The standard InChI is InChI=1S/C31H37N3O3/c1-21-7-5-8-26(27-9-6-10-28(33-27)34-18-15-31(3,20-34)30(35)36-4)29(21)37-19-24-12-11-23-13-16-32-17-14-25(23)22(24)2/h5-12,32H,13-20H2,1-4H3/t31-/m1/s1. The molecule has 2 aliphatic rings. The summed E-state index contributed by atoms with van der Waals surface area (Å²) in [4.78, 5) is 19.5. The number of fused-ring (bicyclic) bond motifs is 1. The number of carbonyl (C=O) groups is 1. The molecule has 1 atom stereocenters. The molecule has 3 heterocycles. The van der Waals surface area contributed by atoms with Crippen LogP contribution in [0.4, 0.5) is 5.82 Å². The maximum Gasteiger partial charge on any atom is 0.313 e. The van der Waals surface area contributed by atoms with Crippen molar-refractivity contribution in [1.29, 1.82) is 0 Å². The van der Waals surface area contributed by atoms with Crippen LogP contribution in [-0.2, 0) is 29.0 Å². The van der Waals surface area contributed by atoms with Crippen LogP contribution in [0.25, 0.3) is 11.3 Å². The largest absolute Gasteiger partial charge is 0.488 e. The number of rotatable bonds is 6. The van der Waals surface area contributed by atoms with Gasteiger partial charge < -0.3 is 19.7 Å². The molecule has 5 rings (SSSR count). The van der Waals surface area contributed by atoms with Crippen molar-refractivity contribution in [2.75, 3.05) is 38.2 Å². The van der Waals surface area contributed by atoms with Crippen molar-refractivity contribution in [2.45, 2.75) is 46.6 Å². The highest BCUT2D eigenvalue weighted by Crippen LogP contribution is 2.37. The van der Waals surface area contributed by atoms with Crippen LogP contribution in [0, 0.1) is 19.3 Å². The van der Waals surface area contributed by atoms with E-state index in [0.29, 0.717) is 13.2 Å². The second-order valence-electron chi connectivity index (χ2n) is 10.6. The van der Waals surface area contributed by atoms with Gasteiger partial charge in [-0.1, -0.05) is 30.3 Å². The quantitative estimate of drug-likeness (QED) is 0.481. The predicted molar refractivity (Wildman–Crippen MR) is 147 cm³/mol. The monoisotopic (exact) mass is 499 g/mol. The molecule has 1 aromatic heterocycles. The SMILES string of the molecule is COC(=O)[C@]1(C)CCN(c2cccc(-c3cccc(C)c3OCc3ccc4c(c3C)CCNCC4)n2)C1. The molecule has 0 amide bonds. The predicted octanol–water partition coefficient (Wildman–Crippen LogP) is 5.02. The number of aromatic nitrogens is 1. The third kappa shape index (κ3) is 5.08. The van der Waals surface area contributed by atoms with Gasteiger partial charge in [-0.2, -0.15) is 0 Å². The van der Waals surface area contributed by atoms with Crippen molar-refractivity contribution < 1.29 is 14.3 Å². The number of hydrogen-bond donors (Lipinski definition) is 1. The van der Waals surface area contributed by atoms with Gasteiger partial charge in [0, 0.05) is 18.7 Å². The molecular formula is C31H37N3O3. The molecule has 1 N–H and O–H groups in total. The summed E-state index contributed by atoms with van der Waals surface area (Å²) < 4.78 is 11.6. The highest BCUT2D eigenvalue weighted by atomic mass is 16.5. The first-order valence-corrected chi connectivity index (χ1v) is 13.2. The van der Waals surface area contributed by atoms with E-state index in [9.17, 15) is 4.79 Å². The molecule has 194 valence electrons. The zero-order chi connectivity index (χ0) is 26.0. The molecule has 3 aromatic rings. The highest BCUT2D eigenvalue weighted by Gasteiger charge is 2.41. The number of hydrogen-bond acceptors (Lipinski definition) is 6. The van der Waals surface area contributed by atoms with E-state index >= 15 is 0 Å². The Bertz CT molecular complexity index is 1300. The van der Waals surface area contributed by atoms with Crippen LogP contribution in [0.5, 0.6) is 5.75 Å². The van der Waals surface area contributed by atoms with Gasteiger partial charge in [-0.05, 0) is 99.1 Å². The lowest BCUT2D eigenvalue weighted by Crippen LogP contribution is -2.33. The fourth-order valence-corrected chi connectivity index (χ4v) is 5.68. The highest BCUT2D eigenvalue weighted by molar-refractivity contribution is 5.78. The first-order valence-electron chi connectivity index (χ1n) is 13.2. The molecule has 6 nitrogen and oxygen atoms in total. The smallest absolute Gasteiger partial charge is 0.313 e. The maximum absolute atomic E-state index is 12.3. The number of esters is 1. The van der Waals surface area contributed by atoms with Crippen molar-refractivity contribution in [3.8, 4) is 17.0 Å². The molecule has 0 radical (unpaired) electrons. The number of nitrogens with zero attached hydrogens (tertiary/aromatic N) is 2. The molecule has 6 heteroatoms. The van der Waals surface area contributed by atoms with Crippen LogP contribution >= 0.6 is 0 Å². The molecule has 0 aliphatic carbocycles. The van der Waals surface area contributed by atoms with E-state index in [-0.39, 0.29) is 5.97 Å².